The highest BCUT2D eigenvalue weighted by Crippen LogP contribution is 2.28. The fraction of sp³-hybridized carbons (Fsp3) is 0.462. The van der Waals surface area contributed by atoms with Crippen LogP contribution in [0.15, 0.2) is 23.1 Å². The molecule has 0 atom stereocenters. The molecule has 8 heteroatoms. The topological polar surface area (TPSA) is 72.9 Å². The number of hydrogen-bond donors (Lipinski definition) is 0. The van der Waals surface area contributed by atoms with E-state index in [9.17, 15) is 13.2 Å². The standard InChI is InChI=1S/C13H18ClNO5S/c1-15(6-7-19-2)13(16)9-10-4-5-11(20-3)12(8-10)21(14,17)18/h4-5,8H,6-7,9H2,1-3H3. The summed E-state index contributed by atoms with van der Waals surface area (Å²) in [5, 5.41) is 0. The average molecular weight is 336 g/mol. The lowest BCUT2D eigenvalue weighted by atomic mass is 10.1. The zero-order valence-corrected chi connectivity index (χ0v) is 13.7. The molecule has 0 saturated carbocycles. The fourth-order valence-corrected chi connectivity index (χ4v) is 2.73. The molecule has 0 N–H and O–H groups in total. The van der Waals surface area contributed by atoms with Crippen molar-refractivity contribution in [1.82, 2.24) is 4.90 Å². The lowest BCUT2D eigenvalue weighted by Gasteiger charge is -2.17. The van der Waals surface area contributed by atoms with Crippen LogP contribution in [0, 0.1) is 0 Å². The highest BCUT2D eigenvalue weighted by molar-refractivity contribution is 8.13. The van der Waals surface area contributed by atoms with Crippen LogP contribution in [0.5, 0.6) is 5.75 Å². The molecule has 0 aliphatic rings. The van der Waals surface area contributed by atoms with Crippen LogP contribution in [0.3, 0.4) is 0 Å². The number of ether oxygens (including phenoxy) is 2. The first-order chi connectivity index (χ1) is 9.79. The van der Waals surface area contributed by atoms with Crippen molar-refractivity contribution >= 4 is 25.6 Å². The van der Waals surface area contributed by atoms with Crippen molar-refractivity contribution in [2.45, 2.75) is 11.3 Å². The predicted octanol–water partition coefficient (Wildman–Crippen LogP) is 1.27. The van der Waals surface area contributed by atoms with Crippen LogP contribution in [0.2, 0.25) is 0 Å². The van der Waals surface area contributed by atoms with E-state index in [1.165, 1.54) is 24.1 Å². The molecule has 1 aromatic rings. The normalized spacial score (nSPS) is 11.2. The van der Waals surface area contributed by atoms with E-state index in [0.717, 1.165) is 0 Å². The monoisotopic (exact) mass is 335 g/mol. The van der Waals surface area contributed by atoms with E-state index < -0.39 is 9.05 Å². The first-order valence-electron chi connectivity index (χ1n) is 6.14. The highest BCUT2D eigenvalue weighted by Gasteiger charge is 2.18. The van der Waals surface area contributed by atoms with Crippen LogP contribution in [0.25, 0.3) is 0 Å². The molecule has 0 radical (unpaired) electrons. The molecule has 0 heterocycles. The number of rotatable bonds is 7. The second-order valence-corrected chi connectivity index (χ2v) is 6.94. The van der Waals surface area contributed by atoms with E-state index in [2.05, 4.69) is 0 Å². The molecule has 1 amide bonds. The minimum absolute atomic E-state index is 0.0730. The Balaban J connectivity index is 2.93. The van der Waals surface area contributed by atoms with E-state index in [1.54, 1.807) is 20.2 Å². The number of halogens is 1. The summed E-state index contributed by atoms with van der Waals surface area (Å²) in [5.74, 6) is 0.00377. The van der Waals surface area contributed by atoms with Gasteiger partial charge in [0.05, 0.1) is 20.1 Å². The van der Waals surface area contributed by atoms with Crippen molar-refractivity contribution in [3.8, 4) is 5.75 Å². The quantitative estimate of drug-likeness (QED) is 0.702. The number of nitrogens with zero attached hydrogens (tertiary/aromatic N) is 1. The van der Waals surface area contributed by atoms with E-state index in [0.29, 0.717) is 18.7 Å². The van der Waals surface area contributed by atoms with Gasteiger partial charge in [0.2, 0.25) is 5.91 Å². The number of likely N-dealkylation sites (N-methyl/N-ethyl adjacent to an activating group) is 1. The number of carbonyl (C=O) groups excluding carboxylic acids is 1. The Morgan fingerprint density at radius 1 is 1.33 bits per heavy atom. The van der Waals surface area contributed by atoms with Gasteiger partial charge >= 0.3 is 0 Å². The van der Waals surface area contributed by atoms with Gasteiger partial charge in [0.15, 0.2) is 0 Å². The van der Waals surface area contributed by atoms with Gasteiger partial charge in [0.25, 0.3) is 9.05 Å². The Labute approximate surface area is 129 Å². The molecule has 0 aliphatic carbocycles. The molecule has 6 nitrogen and oxygen atoms in total. The van der Waals surface area contributed by atoms with Gasteiger partial charge in [-0.3, -0.25) is 4.79 Å². The molecule has 21 heavy (non-hydrogen) atoms. The molecule has 0 saturated heterocycles. The summed E-state index contributed by atoms with van der Waals surface area (Å²) in [7, 11) is 5.99. The zero-order chi connectivity index (χ0) is 16.0. The van der Waals surface area contributed by atoms with Crippen molar-refractivity contribution in [2.75, 3.05) is 34.4 Å². The maximum atomic E-state index is 12.0. The van der Waals surface area contributed by atoms with Crippen LogP contribution in [0.1, 0.15) is 5.56 Å². The third-order valence-corrected chi connectivity index (χ3v) is 4.25. The van der Waals surface area contributed by atoms with Gasteiger partial charge < -0.3 is 14.4 Å². The Morgan fingerprint density at radius 2 is 2.00 bits per heavy atom. The molecule has 0 aliphatic heterocycles. The van der Waals surface area contributed by atoms with Crippen molar-refractivity contribution in [2.24, 2.45) is 0 Å². The summed E-state index contributed by atoms with van der Waals surface area (Å²) in [6.45, 7) is 0.901. The third-order valence-electron chi connectivity index (χ3n) is 2.90. The maximum Gasteiger partial charge on any atom is 0.264 e. The van der Waals surface area contributed by atoms with E-state index in [-0.39, 0.29) is 23.0 Å². The van der Waals surface area contributed by atoms with Gasteiger partial charge in [-0.15, -0.1) is 0 Å². The smallest absolute Gasteiger partial charge is 0.264 e. The lowest BCUT2D eigenvalue weighted by molar-refractivity contribution is -0.129. The average Bonchev–Trinajstić information content (AvgIpc) is 2.43. The Bertz CT molecular complexity index is 603. The summed E-state index contributed by atoms with van der Waals surface area (Å²) >= 11 is 0. The molecule has 0 spiro atoms. The summed E-state index contributed by atoms with van der Waals surface area (Å²) < 4.78 is 32.9. The van der Waals surface area contributed by atoms with Crippen LogP contribution >= 0.6 is 10.7 Å². The molecular formula is C13H18ClNO5S. The second-order valence-electron chi connectivity index (χ2n) is 4.41. The predicted molar refractivity (Wildman–Crippen MR) is 79.2 cm³/mol. The Hall–Kier alpha value is -1.31. The largest absolute Gasteiger partial charge is 0.495 e. The maximum absolute atomic E-state index is 12.0. The van der Waals surface area contributed by atoms with Gasteiger partial charge in [-0.2, -0.15) is 0 Å². The number of carbonyl (C=O) groups is 1. The molecule has 1 rings (SSSR count). The highest BCUT2D eigenvalue weighted by atomic mass is 35.7. The van der Waals surface area contributed by atoms with Gasteiger partial charge in [-0.25, -0.2) is 8.42 Å². The first-order valence-corrected chi connectivity index (χ1v) is 8.45. The van der Waals surface area contributed by atoms with Gasteiger partial charge in [0, 0.05) is 31.4 Å². The van der Waals surface area contributed by atoms with E-state index >= 15 is 0 Å². The van der Waals surface area contributed by atoms with Crippen LogP contribution in [0.4, 0.5) is 0 Å². The summed E-state index contributed by atoms with van der Waals surface area (Å²) in [5.41, 5.74) is 0.546. The van der Waals surface area contributed by atoms with Gasteiger partial charge in [-0.05, 0) is 17.7 Å². The zero-order valence-electron chi connectivity index (χ0n) is 12.1. The fourth-order valence-electron chi connectivity index (χ4n) is 1.68. The van der Waals surface area contributed by atoms with Crippen molar-refractivity contribution in [3.05, 3.63) is 23.8 Å². The van der Waals surface area contributed by atoms with Crippen molar-refractivity contribution in [3.63, 3.8) is 0 Å². The van der Waals surface area contributed by atoms with Crippen LogP contribution in [-0.4, -0.2) is 53.6 Å². The number of methoxy groups -OCH3 is 2. The van der Waals surface area contributed by atoms with E-state index in [4.69, 9.17) is 20.2 Å². The Kier molecular flexibility index (Phi) is 6.44. The number of amides is 1. The number of hydrogen-bond acceptors (Lipinski definition) is 5. The first kappa shape index (κ1) is 17.7. The Morgan fingerprint density at radius 3 is 2.52 bits per heavy atom. The lowest BCUT2D eigenvalue weighted by Crippen LogP contribution is -2.31. The third kappa shape index (κ3) is 5.18. The van der Waals surface area contributed by atoms with E-state index in [1.807, 2.05) is 0 Å². The van der Waals surface area contributed by atoms with Gasteiger partial charge in [0.1, 0.15) is 10.6 Å². The van der Waals surface area contributed by atoms with Crippen LogP contribution < -0.4 is 4.74 Å². The molecule has 0 aromatic heterocycles. The van der Waals surface area contributed by atoms with Crippen molar-refractivity contribution in [1.29, 1.82) is 0 Å². The molecule has 0 bridgehead atoms. The molecule has 118 valence electrons. The summed E-state index contributed by atoms with van der Waals surface area (Å²) in [6, 6.07) is 4.46. The summed E-state index contributed by atoms with van der Waals surface area (Å²) in [6.07, 6.45) is 0.0730. The SMILES string of the molecule is COCCN(C)C(=O)Cc1ccc(OC)c(S(=O)(=O)Cl)c1. The minimum Gasteiger partial charge on any atom is -0.495 e. The molecule has 0 fully saturated rings. The molecular weight excluding hydrogens is 318 g/mol. The molecule has 0 unspecified atom stereocenters. The minimum atomic E-state index is -3.94. The number of benzene rings is 1. The van der Waals surface area contributed by atoms with Gasteiger partial charge in [-0.1, -0.05) is 6.07 Å². The second kappa shape index (κ2) is 7.63. The van der Waals surface area contributed by atoms with Crippen molar-refractivity contribution < 1.29 is 22.7 Å². The van der Waals surface area contributed by atoms with Crippen LogP contribution in [-0.2, 0) is 25.0 Å². The molecule has 1 aromatic carbocycles. The summed E-state index contributed by atoms with van der Waals surface area (Å²) in [4.78, 5) is 13.4.